The summed E-state index contributed by atoms with van der Waals surface area (Å²) in [6.45, 7) is 2.17. The SMILES string of the molecule is CC1C(N)CC1c1cnccn1. The van der Waals surface area contributed by atoms with Gasteiger partial charge in [-0.1, -0.05) is 6.92 Å². The fourth-order valence-electron chi connectivity index (χ4n) is 1.72. The molecule has 3 nitrogen and oxygen atoms in total. The highest BCUT2D eigenvalue weighted by Gasteiger charge is 2.36. The van der Waals surface area contributed by atoms with Crippen molar-refractivity contribution in [3.8, 4) is 0 Å². The van der Waals surface area contributed by atoms with E-state index in [1.165, 1.54) is 0 Å². The largest absolute Gasteiger partial charge is 0.327 e. The lowest BCUT2D eigenvalue weighted by Gasteiger charge is -2.39. The summed E-state index contributed by atoms with van der Waals surface area (Å²) in [6, 6.07) is 0.358. The topological polar surface area (TPSA) is 51.8 Å². The molecular weight excluding hydrogens is 150 g/mol. The maximum atomic E-state index is 5.80. The van der Waals surface area contributed by atoms with Crippen LogP contribution in [0.15, 0.2) is 18.6 Å². The van der Waals surface area contributed by atoms with E-state index >= 15 is 0 Å². The highest BCUT2D eigenvalue weighted by molar-refractivity contribution is 5.12. The molecule has 0 spiro atoms. The molecule has 64 valence electrons. The van der Waals surface area contributed by atoms with Gasteiger partial charge in [0.25, 0.3) is 0 Å². The maximum Gasteiger partial charge on any atom is 0.0621 e. The Hall–Kier alpha value is -0.960. The van der Waals surface area contributed by atoms with Crippen molar-refractivity contribution in [3.63, 3.8) is 0 Å². The second-order valence-corrected chi connectivity index (χ2v) is 3.50. The third-order valence-electron chi connectivity index (χ3n) is 2.80. The molecule has 0 saturated heterocycles. The van der Waals surface area contributed by atoms with Gasteiger partial charge in [0.05, 0.1) is 5.69 Å². The maximum absolute atomic E-state index is 5.80. The molecule has 3 atom stereocenters. The minimum Gasteiger partial charge on any atom is -0.327 e. The molecule has 1 aliphatic rings. The molecule has 0 bridgehead atoms. The summed E-state index contributed by atoms with van der Waals surface area (Å²) in [5.41, 5.74) is 6.89. The van der Waals surface area contributed by atoms with Crippen molar-refractivity contribution in [2.45, 2.75) is 25.3 Å². The molecule has 0 amide bonds. The van der Waals surface area contributed by atoms with Gasteiger partial charge in [0.2, 0.25) is 0 Å². The lowest BCUT2D eigenvalue weighted by Crippen LogP contribution is -2.44. The monoisotopic (exact) mass is 163 g/mol. The van der Waals surface area contributed by atoms with E-state index in [1.54, 1.807) is 12.4 Å². The van der Waals surface area contributed by atoms with Crippen molar-refractivity contribution < 1.29 is 0 Å². The van der Waals surface area contributed by atoms with Crippen LogP contribution < -0.4 is 5.73 Å². The standard InChI is InChI=1S/C9H13N3/c1-6-7(4-8(6)10)9-5-11-2-3-12-9/h2-3,5-8H,4,10H2,1H3. The van der Waals surface area contributed by atoms with Crippen LogP contribution in [-0.4, -0.2) is 16.0 Å². The number of nitrogens with zero attached hydrogens (tertiary/aromatic N) is 2. The van der Waals surface area contributed by atoms with Crippen molar-refractivity contribution in [1.82, 2.24) is 9.97 Å². The summed E-state index contributed by atoms with van der Waals surface area (Å²) in [5, 5.41) is 0. The van der Waals surface area contributed by atoms with Gasteiger partial charge in [-0.3, -0.25) is 9.97 Å². The predicted octanol–water partition coefficient (Wildman–Crippen LogP) is 0.927. The molecule has 1 aromatic heterocycles. The van der Waals surface area contributed by atoms with Crippen LogP contribution in [-0.2, 0) is 0 Å². The van der Waals surface area contributed by atoms with Crippen molar-refractivity contribution in [3.05, 3.63) is 24.3 Å². The molecule has 0 radical (unpaired) electrons. The predicted molar refractivity (Wildman–Crippen MR) is 46.5 cm³/mol. The van der Waals surface area contributed by atoms with Gasteiger partial charge >= 0.3 is 0 Å². The zero-order chi connectivity index (χ0) is 8.55. The van der Waals surface area contributed by atoms with Crippen molar-refractivity contribution >= 4 is 0 Å². The number of rotatable bonds is 1. The van der Waals surface area contributed by atoms with Crippen molar-refractivity contribution in [2.75, 3.05) is 0 Å². The summed E-state index contributed by atoms with van der Waals surface area (Å²) in [5.74, 6) is 1.09. The van der Waals surface area contributed by atoms with Gasteiger partial charge in [-0.2, -0.15) is 0 Å². The first-order valence-corrected chi connectivity index (χ1v) is 4.30. The Labute approximate surface area is 72.0 Å². The average molecular weight is 163 g/mol. The normalized spacial score (nSPS) is 34.3. The Balaban J connectivity index is 2.13. The number of hydrogen-bond donors (Lipinski definition) is 1. The quantitative estimate of drug-likeness (QED) is 0.670. The van der Waals surface area contributed by atoms with Crippen LogP contribution in [0.25, 0.3) is 0 Å². The number of hydrogen-bond acceptors (Lipinski definition) is 3. The molecule has 1 heterocycles. The molecule has 0 aromatic carbocycles. The van der Waals surface area contributed by atoms with Crippen LogP contribution in [0.2, 0.25) is 0 Å². The zero-order valence-electron chi connectivity index (χ0n) is 7.14. The molecule has 1 aromatic rings. The van der Waals surface area contributed by atoms with Gasteiger partial charge < -0.3 is 5.73 Å². The Bertz CT molecular complexity index is 260. The Morgan fingerprint density at radius 3 is 2.83 bits per heavy atom. The number of nitrogens with two attached hydrogens (primary N) is 1. The van der Waals surface area contributed by atoms with Crippen molar-refractivity contribution in [1.29, 1.82) is 0 Å². The van der Waals surface area contributed by atoms with Crippen LogP contribution in [0, 0.1) is 5.92 Å². The summed E-state index contributed by atoms with van der Waals surface area (Å²) < 4.78 is 0. The lowest BCUT2D eigenvalue weighted by atomic mass is 9.69. The Morgan fingerprint density at radius 2 is 2.33 bits per heavy atom. The van der Waals surface area contributed by atoms with Crippen LogP contribution in [0.3, 0.4) is 0 Å². The van der Waals surface area contributed by atoms with Gasteiger partial charge in [0.15, 0.2) is 0 Å². The third-order valence-corrected chi connectivity index (χ3v) is 2.80. The van der Waals surface area contributed by atoms with E-state index in [0.717, 1.165) is 12.1 Å². The molecule has 3 unspecified atom stereocenters. The molecule has 3 heteroatoms. The number of aromatic nitrogens is 2. The van der Waals surface area contributed by atoms with E-state index in [2.05, 4.69) is 16.9 Å². The molecular formula is C9H13N3. The first kappa shape index (κ1) is 7.68. The van der Waals surface area contributed by atoms with Gasteiger partial charge in [0.1, 0.15) is 0 Å². The zero-order valence-corrected chi connectivity index (χ0v) is 7.14. The van der Waals surface area contributed by atoms with Crippen LogP contribution in [0.4, 0.5) is 0 Å². The molecule has 1 saturated carbocycles. The molecule has 12 heavy (non-hydrogen) atoms. The molecule has 1 aliphatic carbocycles. The molecule has 2 rings (SSSR count). The van der Waals surface area contributed by atoms with Crippen molar-refractivity contribution in [2.24, 2.45) is 11.7 Å². The first-order valence-electron chi connectivity index (χ1n) is 4.30. The van der Waals surface area contributed by atoms with E-state index in [9.17, 15) is 0 Å². The first-order chi connectivity index (χ1) is 5.79. The van der Waals surface area contributed by atoms with Crippen LogP contribution >= 0.6 is 0 Å². The molecule has 0 aliphatic heterocycles. The summed E-state index contributed by atoms with van der Waals surface area (Å²) in [4.78, 5) is 8.31. The highest BCUT2D eigenvalue weighted by Crippen LogP contribution is 2.39. The summed E-state index contributed by atoms with van der Waals surface area (Å²) >= 11 is 0. The van der Waals surface area contributed by atoms with Gasteiger partial charge in [-0.15, -0.1) is 0 Å². The van der Waals surface area contributed by atoms with Gasteiger partial charge in [0, 0.05) is 30.6 Å². The van der Waals surface area contributed by atoms with E-state index < -0.39 is 0 Å². The van der Waals surface area contributed by atoms with Gasteiger partial charge in [-0.25, -0.2) is 0 Å². The fourth-order valence-corrected chi connectivity index (χ4v) is 1.72. The second kappa shape index (κ2) is 2.83. The van der Waals surface area contributed by atoms with E-state index in [4.69, 9.17) is 5.73 Å². The molecule has 2 N–H and O–H groups in total. The van der Waals surface area contributed by atoms with Crippen LogP contribution in [0.5, 0.6) is 0 Å². The summed E-state index contributed by atoms with van der Waals surface area (Å²) in [6.07, 6.45) is 6.34. The minimum absolute atomic E-state index is 0.358. The molecule has 1 fully saturated rings. The fraction of sp³-hybridized carbons (Fsp3) is 0.556. The van der Waals surface area contributed by atoms with E-state index in [0.29, 0.717) is 17.9 Å². The lowest BCUT2D eigenvalue weighted by molar-refractivity contribution is 0.222. The van der Waals surface area contributed by atoms with E-state index in [-0.39, 0.29) is 0 Å². The average Bonchev–Trinajstić information content (AvgIpc) is 2.15. The smallest absolute Gasteiger partial charge is 0.0621 e. The Morgan fingerprint density at radius 1 is 1.50 bits per heavy atom. The van der Waals surface area contributed by atoms with Gasteiger partial charge in [-0.05, 0) is 12.3 Å². The Kier molecular flexibility index (Phi) is 1.81. The summed E-state index contributed by atoms with van der Waals surface area (Å²) in [7, 11) is 0. The minimum atomic E-state index is 0.358. The van der Waals surface area contributed by atoms with E-state index in [1.807, 2.05) is 6.20 Å². The third kappa shape index (κ3) is 1.10. The van der Waals surface area contributed by atoms with Crippen LogP contribution in [0.1, 0.15) is 25.0 Å². The highest BCUT2D eigenvalue weighted by atomic mass is 14.8. The second-order valence-electron chi connectivity index (χ2n) is 3.50.